The Hall–Kier alpha value is -2.30. The molecule has 2 N–H and O–H groups in total. The summed E-state index contributed by atoms with van der Waals surface area (Å²) in [5, 5.41) is 9.38. The van der Waals surface area contributed by atoms with Crippen LogP contribution in [0.25, 0.3) is 0 Å². The molecule has 0 heterocycles. The molecule has 0 saturated heterocycles. The van der Waals surface area contributed by atoms with Gasteiger partial charge in [0.25, 0.3) is 0 Å². The SMILES string of the molecule is COc1cc(Cl)ccc1CCS(=O)(=O)Nc1ccc(C(=O)O)cc1[SH](=O)=O. The highest BCUT2D eigenvalue weighted by Gasteiger charge is 2.17. The number of benzene rings is 2. The highest BCUT2D eigenvalue weighted by Crippen LogP contribution is 2.25. The normalized spacial score (nSPS) is 11.4. The molecule has 0 spiro atoms. The first-order chi connectivity index (χ1) is 12.6. The van der Waals surface area contributed by atoms with Crippen molar-refractivity contribution in [1.29, 1.82) is 0 Å². The van der Waals surface area contributed by atoms with Crippen LogP contribution in [0, 0.1) is 0 Å². The zero-order valence-electron chi connectivity index (χ0n) is 14.0. The first kappa shape index (κ1) is 21.0. The maximum Gasteiger partial charge on any atom is 0.335 e. The lowest BCUT2D eigenvalue weighted by molar-refractivity contribution is 0.0696. The van der Waals surface area contributed by atoms with E-state index in [0.29, 0.717) is 16.3 Å². The lowest BCUT2D eigenvalue weighted by atomic mass is 10.1. The second-order valence-electron chi connectivity index (χ2n) is 5.42. The first-order valence-electron chi connectivity index (χ1n) is 7.47. The van der Waals surface area contributed by atoms with E-state index < -0.39 is 31.6 Å². The van der Waals surface area contributed by atoms with Crippen molar-refractivity contribution in [1.82, 2.24) is 0 Å². The van der Waals surface area contributed by atoms with E-state index in [2.05, 4.69) is 4.72 Å². The largest absolute Gasteiger partial charge is 0.496 e. The van der Waals surface area contributed by atoms with Crippen molar-refractivity contribution >= 4 is 44.0 Å². The molecule has 0 aliphatic carbocycles. The molecule has 0 fully saturated rings. The molecule has 2 rings (SSSR count). The quantitative estimate of drug-likeness (QED) is 0.543. The number of ether oxygens (including phenoxy) is 1. The van der Waals surface area contributed by atoms with E-state index in [9.17, 15) is 21.6 Å². The van der Waals surface area contributed by atoms with Crippen molar-refractivity contribution in [2.24, 2.45) is 0 Å². The van der Waals surface area contributed by atoms with Crippen LogP contribution in [0.3, 0.4) is 0 Å². The lowest BCUT2D eigenvalue weighted by Crippen LogP contribution is -2.19. The van der Waals surface area contributed by atoms with Gasteiger partial charge in [-0.05, 0) is 42.3 Å². The molecule has 0 aliphatic heterocycles. The topological polar surface area (TPSA) is 127 Å². The summed E-state index contributed by atoms with van der Waals surface area (Å²) in [5.74, 6) is -1.23. The molecular weight excluding hydrogens is 418 g/mol. The number of methoxy groups -OCH3 is 1. The molecule has 0 atom stereocenters. The molecule has 146 valence electrons. The Labute approximate surface area is 162 Å². The van der Waals surface area contributed by atoms with E-state index in [-0.39, 0.29) is 23.4 Å². The van der Waals surface area contributed by atoms with Crippen LogP contribution in [-0.2, 0) is 27.1 Å². The number of aryl methyl sites for hydroxylation is 1. The number of sulfonamides is 1. The van der Waals surface area contributed by atoms with Crippen molar-refractivity contribution in [2.75, 3.05) is 17.6 Å². The fourth-order valence-electron chi connectivity index (χ4n) is 2.29. The lowest BCUT2D eigenvalue weighted by Gasteiger charge is -2.12. The maximum absolute atomic E-state index is 12.3. The second-order valence-corrected chi connectivity index (χ2v) is 8.70. The van der Waals surface area contributed by atoms with Gasteiger partial charge in [-0.1, -0.05) is 17.7 Å². The number of halogens is 1. The highest BCUT2D eigenvalue weighted by molar-refractivity contribution is 7.92. The van der Waals surface area contributed by atoms with Crippen LogP contribution in [0.4, 0.5) is 5.69 Å². The van der Waals surface area contributed by atoms with Gasteiger partial charge in [-0.2, -0.15) is 0 Å². The zero-order valence-corrected chi connectivity index (χ0v) is 16.5. The van der Waals surface area contributed by atoms with Crippen LogP contribution in [0.15, 0.2) is 41.3 Å². The minimum atomic E-state index is -3.91. The van der Waals surface area contributed by atoms with Gasteiger partial charge in [0.15, 0.2) is 10.7 Å². The van der Waals surface area contributed by atoms with Gasteiger partial charge in [0, 0.05) is 5.02 Å². The minimum absolute atomic E-state index is 0.0989. The summed E-state index contributed by atoms with van der Waals surface area (Å²) in [6.07, 6.45) is 0.0989. The fraction of sp³-hybridized carbons (Fsp3) is 0.188. The third kappa shape index (κ3) is 5.59. The summed E-state index contributed by atoms with van der Waals surface area (Å²) in [6.45, 7) is 0. The molecule has 0 aromatic heterocycles. The molecule has 27 heavy (non-hydrogen) atoms. The standard InChI is InChI=1S/C16H16ClNO7S2/c1-25-14-9-12(17)4-2-10(14)6-7-27(23,24)18-13-5-3-11(16(19)20)8-15(13)26(21)22/h2-5,8-9,18,26H,6-7H2,1H3,(H,19,20). The Morgan fingerprint density at radius 2 is 1.93 bits per heavy atom. The molecule has 2 aromatic rings. The van der Waals surface area contributed by atoms with E-state index in [1.807, 2.05) is 0 Å². The van der Waals surface area contributed by atoms with Crippen molar-refractivity contribution in [2.45, 2.75) is 11.3 Å². The number of rotatable bonds is 8. The molecule has 0 bridgehead atoms. The molecule has 0 saturated carbocycles. The van der Waals surface area contributed by atoms with Gasteiger partial charge in [0.1, 0.15) is 5.75 Å². The van der Waals surface area contributed by atoms with Crippen molar-refractivity contribution in [3.8, 4) is 5.75 Å². The molecule has 8 nitrogen and oxygen atoms in total. The summed E-state index contributed by atoms with van der Waals surface area (Å²) < 4.78 is 54.7. The minimum Gasteiger partial charge on any atom is -0.496 e. The van der Waals surface area contributed by atoms with Crippen LogP contribution in [0.5, 0.6) is 5.75 Å². The van der Waals surface area contributed by atoms with E-state index in [4.69, 9.17) is 21.4 Å². The Morgan fingerprint density at radius 3 is 2.52 bits per heavy atom. The van der Waals surface area contributed by atoms with Crippen molar-refractivity contribution < 1.29 is 31.5 Å². The Morgan fingerprint density at radius 1 is 1.22 bits per heavy atom. The highest BCUT2D eigenvalue weighted by atomic mass is 35.5. The van der Waals surface area contributed by atoms with Gasteiger partial charge in [-0.25, -0.2) is 21.6 Å². The Kier molecular flexibility index (Phi) is 6.68. The maximum atomic E-state index is 12.3. The van der Waals surface area contributed by atoms with Gasteiger partial charge >= 0.3 is 5.97 Å². The van der Waals surface area contributed by atoms with Gasteiger partial charge in [0.2, 0.25) is 10.0 Å². The van der Waals surface area contributed by atoms with E-state index >= 15 is 0 Å². The molecule has 0 amide bonds. The van der Waals surface area contributed by atoms with Crippen LogP contribution >= 0.6 is 11.6 Å². The molecule has 0 radical (unpaired) electrons. The van der Waals surface area contributed by atoms with Crippen LogP contribution in [0.2, 0.25) is 5.02 Å². The Bertz CT molecular complexity index is 1040. The predicted molar refractivity (Wildman–Crippen MR) is 101 cm³/mol. The van der Waals surface area contributed by atoms with Gasteiger partial charge in [0.05, 0.1) is 29.0 Å². The average molecular weight is 434 g/mol. The number of carboxylic acid groups (broad SMARTS) is 1. The average Bonchev–Trinajstić information content (AvgIpc) is 2.60. The smallest absolute Gasteiger partial charge is 0.335 e. The number of hydrogen-bond acceptors (Lipinski definition) is 6. The molecule has 0 aliphatic rings. The summed E-state index contributed by atoms with van der Waals surface area (Å²) in [5.41, 5.74) is 0.140. The predicted octanol–water partition coefficient (Wildman–Crippen LogP) is 2.00. The number of aromatic carboxylic acids is 1. The summed E-state index contributed by atoms with van der Waals surface area (Å²) in [6, 6.07) is 7.91. The molecule has 2 aromatic carbocycles. The van der Waals surface area contributed by atoms with Crippen LogP contribution < -0.4 is 9.46 Å². The third-order valence-corrected chi connectivity index (χ3v) is 5.87. The molecule has 0 unspecified atom stereocenters. The second kappa shape index (κ2) is 8.59. The van der Waals surface area contributed by atoms with E-state index in [0.717, 1.165) is 18.2 Å². The fourth-order valence-corrected chi connectivity index (χ4v) is 4.20. The number of carboxylic acids is 1. The number of hydrogen-bond donors (Lipinski definition) is 3. The third-order valence-electron chi connectivity index (χ3n) is 3.60. The Balaban J connectivity index is 2.23. The monoisotopic (exact) mass is 433 g/mol. The number of anilines is 1. The van der Waals surface area contributed by atoms with Crippen molar-refractivity contribution in [3.05, 3.63) is 52.5 Å². The summed E-state index contributed by atoms with van der Waals surface area (Å²) >= 11 is 5.87. The van der Waals surface area contributed by atoms with E-state index in [1.54, 1.807) is 18.2 Å². The first-order valence-corrected chi connectivity index (χ1v) is 10.7. The van der Waals surface area contributed by atoms with Crippen LogP contribution in [-0.4, -0.2) is 40.8 Å². The zero-order chi connectivity index (χ0) is 20.2. The van der Waals surface area contributed by atoms with Crippen LogP contribution in [0.1, 0.15) is 15.9 Å². The molecule has 11 heteroatoms. The number of thiol groups is 1. The van der Waals surface area contributed by atoms with Gasteiger partial charge in [-0.15, -0.1) is 0 Å². The number of nitrogens with one attached hydrogen (secondary N) is 1. The van der Waals surface area contributed by atoms with Crippen molar-refractivity contribution in [3.63, 3.8) is 0 Å². The van der Waals surface area contributed by atoms with Gasteiger partial charge in [-0.3, -0.25) is 4.72 Å². The number of carbonyl (C=O) groups is 1. The van der Waals surface area contributed by atoms with Gasteiger partial charge < -0.3 is 9.84 Å². The summed E-state index contributed by atoms with van der Waals surface area (Å²) in [7, 11) is -5.68. The molecular formula is C16H16ClNO7S2. The summed E-state index contributed by atoms with van der Waals surface area (Å²) in [4.78, 5) is 10.5. The van der Waals surface area contributed by atoms with E-state index in [1.165, 1.54) is 7.11 Å².